The van der Waals surface area contributed by atoms with E-state index in [4.69, 9.17) is 16.0 Å². The molecule has 0 spiro atoms. The zero-order valence-corrected chi connectivity index (χ0v) is 10.4. The van der Waals surface area contributed by atoms with Crippen molar-refractivity contribution in [3.8, 4) is 0 Å². The average Bonchev–Trinajstić information content (AvgIpc) is 2.91. The lowest BCUT2D eigenvalue weighted by molar-refractivity contribution is 0.0944. The topological polar surface area (TPSA) is 42.2 Å². The lowest BCUT2D eigenvalue weighted by Gasteiger charge is -2.11. The minimum Gasteiger partial charge on any atom is -0.457 e. The second-order valence-electron chi connectivity index (χ2n) is 3.92. The molecule has 2 rings (SSSR count). The fraction of sp³-hybridized carbons (Fsp3) is 0.500. The highest BCUT2D eigenvalue weighted by Gasteiger charge is 2.41. The van der Waals surface area contributed by atoms with Crippen molar-refractivity contribution in [1.82, 2.24) is 5.32 Å². The molecule has 1 aromatic rings. The Morgan fingerprint density at radius 2 is 2.40 bits per heavy atom. The van der Waals surface area contributed by atoms with E-state index >= 15 is 0 Å². The van der Waals surface area contributed by atoms with Gasteiger partial charge in [-0.15, -0.1) is 11.6 Å². The first-order valence-electron chi connectivity index (χ1n) is 4.74. The molecule has 0 unspecified atom stereocenters. The van der Waals surface area contributed by atoms with Crippen LogP contribution in [0.1, 0.15) is 23.2 Å². The van der Waals surface area contributed by atoms with Gasteiger partial charge in [0.1, 0.15) is 0 Å². The first-order chi connectivity index (χ1) is 7.17. The minimum atomic E-state index is -0.119. The van der Waals surface area contributed by atoms with E-state index in [2.05, 4.69) is 21.2 Å². The van der Waals surface area contributed by atoms with Crippen molar-refractivity contribution in [2.45, 2.75) is 12.8 Å². The maximum Gasteiger partial charge on any atom is 0.255 e. The van der Waals surface area contributed by atoms with Crippen molar-refractivity contribution in [3.05, 3.63) is 22.6 Å². The Kier molecular flexibility index (Phi) is 3.07. The largest absolute Gasteiger partial charge is 0.457 e. The molecule has 1 aliphatic rings. The highest BCUT2D eigenvalue weighted by molar-refractivity contribution is 9.10. The number of nitrogens with one attached hydrogen (secondary N) is 1. The molecule has 1 saturated carbocycles. The van der Waals surface area contributed by atoms with Gasteiger partial charge in [0.05, 0.1) is 11.8 Å². The third-order valence-corrected chi connectivity index (χ3v) is 3.91. The molecular weight excluding hydrogens is 281 g/mol. The summed E-state index contributed by atoms with van der Waals surface area (Å²) in [5.41, 5.74) is 0.674. The van der Waals surface area contributed by atoms with Crippen LogP contribution < -0.4 is 5.32 Å². The summed E-state index contributed by atoms with van der Waals surface area (Å²) in [5, 5.41) is 2.87. The van der Waals surface area contributed by atoms with Crippen LogP contribution in [-0.2, 0) is 0 Å². The molecule has 0 radical (unpaired) electrons. The average molecular weight is 293 g/mol. The molecule has 0 atom stereocenters. The van der Waals surface area contributed by atoms with Crippen molar-refractivity contribution < 1.29 is 9.21 Å². The van der Waals surface area contributed by atoms with Gasteiger partial charge in [0.2, 0.25) is 0 Å². The van der Waals surface area contributed by atoms with Crippen molar-refractivity contribution in [2.75, 3.05) is 12.4 Å². The van der Waals surface area contributed by atoms with Crippen LogP contribution in [0.15, 0.2) is 21.4 Å². The van der Waals surface area contributed by atoms with E-state index in [1.54, 1.807) is 6.07 Å². The summed E-state index contributed by atoms with van der Waals surface area (Å²) in [6, 6.07) is 1.64. The number of hydrogen-bond donors (Lipinski definition) is 1. The first-order valence-corrected chi connectivity index (χ1v) is 6.07. The molecule has 1 N–H and O–H groups in total. The lowest BCUT2D eigenvalue weighted by Crippen LogP contribution is -2.30. The normalized spacial score (nSPS) is 17.5. The summed E-state index contributed by atoms with van der Waals surface area (Å²) >= 11 is 8.98. The Morgan fingerprint density at radius 3 is 2.87 bits per heavy atom. The quantitative estimate of drug-likeness (QED) is 0.867. The van der Waals surface area contributed by atoms with Gasteiger partial charge in [0.25, 0.3) is 5.91 Å². The van der Waals surface area contributed by atoms with Crippen molar-refractivity contribution in [2.24, 2.45) is 5.41 Å². The monoisotopic (exact) mass is 291 g/mol. The van der Waals surface area contributed by atoms with Crippen LogP contribution in [0.3, 0.4) is 0 Å². The summed E-state index contributed by atoms with van der Waals surface area (Å²) in [7, 11) is 0. The Hall–Kier alpha value is -0.480. The smallest absolute Gasteiger partial charge is 0.255 e. The molecule has 1 heterocycles. The molecule has 1 aliphatic carbocycles. The number of carbonyl (C=O) groups is 1. The van der Waals surface area contributed by atoms with E-state index in [1.807, 2.05) is 0 Å². The molecule has 1 aromatic heterocycles. The summed E-state index contributed by atoms with van der Waals surface area (Å²) in [6.07, 6.45) is 3.68. The van der Waals surface area contributed by atoms with E-state index in [0.717, 1.165) is 12.8 Å². The Balaban J connectivity index is 1.91. The van der Waals surface area contributed by atoms with Crippen LogP contribution in [0.5, 0.6) is 0 Å². The summed E-state index contributed by atoms with van der Waals surface area (Å²) in [6.45, 7) is 0.646. The van der Waals surface area contributed by atoms with Gasteiger partial charge in [-0.25, -0.2) is 0 Å². The molecule has 5 heteroatoms. The van der Waals surface area contributed by atoms with Crippen molar-refractivity contribution in [1.29, 1.82) is 0 Å². The zero-order valence-electron chi connectivity index (χ0n) is 8.06. The van der Waals surface area contributed by atoms with E-state index < -0.39 is 0 Å². The van der Waals surface area contributed by atoms with Gasteiger partial charge in [-0.1, -0.05) is 0 Å². The third-order valence-electron chi connectivity index (χ3n) is 2.73. The number of amides is 1. The van der Waals surface area contributed by atoms with Crippen LogP contribution in [0.4, 0.5) is 0 Å². The fourth-order valence-corrected chi connectivity index (χ4v) is 2.14. The second kappa shape index (κ2) is 4.18. The maximum absolute atomic E-state index is 11.7. The number of halogens is 2. The standard InChI is InChI=1S/C10H11BrClNO2/c11-8-7(1-4-15-8)9(14)13-6-10(5-12)2-3-10/h1,4H,2-3,5-6H2,(H,13,14). The molecule has 0 aromatic carbocycles. The van der Waals surface area contributed by atoms with Gasteiger partial charge < -0.3 is 9.73 Å². The maximum atomic E-state index is 11.7. The molecule has 0 bridgehead atoms. The zero-order chi connectivity index (χ0) is 10.9. The van der Waals surface area contributed by atoms with E-state index in [-0.39, 0.29) is 11.3 Å². The third kappa shape index (κ3) is 2.37. The molecule has 0 saturated heterocycles. The van der Waals surface area contributed by atoms with Gasteiger partial charge in [-0.05, 0) is 34.8 Å². The predicted octanol–water partition coefficient (Wildman–Crippen LogP) is 2.79. The Bertz CT molecular complexity index is 373. The summed E-state index contributed by atoms with van der Waals surface area (Å²) in [4.78, 5) is 11.7. The van der Waals surface area contributed by atoms with Gasteiger partial charge in [-0.2, -0.15) is 0 Å². The molecular formula is C10H11BrClNO2. The van der Waals surface area contributed by atoms with Crippen LogP contribution in [0.2, 0.25) is 0 Å². The van der Waals surface area contributed by atoms with Crippen LogP contribution in [-0.4, -0.2) is 18.3 Å². The lowest BCUT2D eigenvalue weighted by atomic mass is 10.1. The van der Waals surface area contributed by atoms with Crippen LogP contribution in [0, 0.1) is 5.41 Å². The summed E-state index contributed by atoms with van der Waals surface area (Å²) in [5.74, 6) is 0.492. The van der Waals surface area contributed by atoms with Crippen LogP contribution >= 0.6 is 27.5 Å². The number of hydrogen-bond acceptors (Lipinski definition) is 2. The molecule has 1 fully saturated rings. The Labute approximate surface area is 101 Å². The molecule has 3 nitrogen and oxygen atoms in total. The highest BCUT2D eigenvalue weighted by Crippen LogP contribution is 2.45. The number of rotatable bonds is 4. The SMILES string of the molecule is O=C(NCC1(CCl)CC1)c1ccoc1Br. The molecule has 1 amide bonds. The van der Waals surface area contributed by atoms with E-state index in [0.29, 0.717) is 22.7 Å². The second-order valence-corrected chi connectivity index (χ2v) is 4.91. The van der Waals surface area contributed by atoms with E-state index in [1.165, 1.54) is 6.26 Å². The minimum absolute atomic E-state index is 0.119. The van der Waals surface area contributed by atoms with Gasteiger partial charge in [0, 0.05) is 17.8 Å². The van der Waals surface area contributed by atoms with Crippen molar-refractivity contribution in [3.63, 3.8) is 0 Å². The number of furan rings is 1. The number of alkyl halides is 1. The van der Waals surface area contributed by atoms with E-state index in [9.17, 15) is 4.79 Å². The predicted molar refractivity (Wildman–Crippen MR) is 61.1 cm³/mol. The van der Waals surface area contributed by atoms with Gasteiger partial charge >= 0.3 is 0 Å². The fourth-order valence-electron chi connectivity index (χ4n) is 1.35. The molecule has 0 aliphatic heterocycles. The molecule has 15 heavy (non-hydrogen) atoms. The van der Waals surface area contributed by atoms with Gasteiger partial charge in [-0.3, -0.25) is 4.79 Å². The molecule has 82 valence electrons. The highest BCUT2D eigenvalue weighted by atomic mass is 79.9. The van der Waals surface area contributed by atoms with Gasteiger partial charge in [0.15, 0.2) is 4.67 Å². The van der Waals surface area contributed by atoms with Crippen molar-refractivity contribution >= 4 is 33.4 Å². The number of carbonyl (C=O) groups excluding carboxylic acids is 1. The Morgan fingerprint density at radius 1 is 1.67 bits per heavy atom. The summed E-state index contributed by atoms with van der Waals surface area (Å²) < 4.78 is 5.46. The first kappa shape index (κ1) is 11.0. The van der Waals surface area contributed by atoms with Crippen LogP contribution in [0.25, 0.3) is 0 Å².